The fraction of sp³-hybridized carbons (Fsp3) is 0.190. The molecule has 0 fully saturated rings. The van der Waals surface area contributed by atoms with Crippen LogP contribution in [-0.4, -0.2) is 31.8 Å². The van der Waals surface area contributed by atoms with Crippen molar-refractivity contribution in [3.8, 4) is 5.75 Å². The Morgan fingerprint density at radius 1 is 1.33 bits per heavy atom. The van der Waals surface area contributed by atoms with Crippen molar-refractivity contribution in [3.63, 3.8) is 0 Å². The number of halogens is 1. The van der Waals surface area contributed by atoms with E-state index >= 15 is 0 Å². The highest BCUT2D eigenvalue weighted by molar-refractivity contribution is 6.11. The van der Waals surface area contributed by atoms with Crippen molar-refractivity contribution in [2.45, 2.75) is 13.3 Å². The second-order valence-electron chi connectivity index (χ2n) is 6.45. The minimum Gasteiger partial charge on any atom is -0.496 e. The van der Waals surface area contributed by atoms with Crippen LogP contribution >= 0.6 is 0 Å². The molecule has 4 nitrogen and oxygen atoms in total. The number of benzene rings is 1. The first-order chi connectivity index (χ1) is 13.0. The number of rotatable bonds is 6. The first kappa shape index (κ1) is 18.9. The van der Waals surface area contributed by atoms with Crippen LogP contribution in [0.25, 0.3) is 11.6 Å². The van der Waals surface area contributed by atoms with Crippen LogP contribution < -0.4 is 10.5 Å². The molecule has 2 heterocycles. The highest BCUT2D eigenvalue weighted by Crippen LogP contribution is 2.31. The first-order valence-corrected chi connectivity index (χ1v) is 8.87. The number of ether oxygens (including phenoxy) is 1. The van der Waals surface area contributed by atoms with Crippen molar-refractivity contribution in [3.05, 3.63) is 77.0 Å². The van der Waals surface area contributed by atoms with E-state index in [1.807, 2.05) is 45.4 Å². The molecule has 2 aromatic rings. The fourth-order valence-electron chi connectivity index (χ4n) is 3.23. The molecule has 1 aromatic carbocycles. The first-order valence-electron chi connectivity index (χ1n) is 8.87. The molecule has 0 amide bonds. The molecule has 1 aromatic heterocycles. The molecule has 2 N–H and O–H groups in total. The van der Waals surface area contributed by atoms with Crippen LogP contribution in [0.4, 0.5) is 4.39 Å². The van der Waals surface area contributed by atoms with E-state index in [2.05, 4.69) is 10.5 Å². The molecule has 0 unspecified atom stereocenters. The normalized spacial score (nSPS) is 15.9. The summed E-state index contributed by atoms with van der Waals surface area (Å²) in [6, 6.07) is 8.54. The number of hydrogen-bond donors (Lipinski definition) is 1. The SMILES string of the molecule is Bn1cccc1/C(CCN)=C1N=C(/C=C/c2cc(F)ccc2OC)C=C\1C. The van der Waals surface area contributed by atoms with Gasteiger partial charge in [-0.05, 0) is 80.2 Å². The number of aromatic nitrogens is 1. The fourth-order valence-corrected chi connectivity index (χ4v) is 3.23. The summed E-state index contributed by atoms with van der Waals surface area (Å²) in [6.45, 7) is 2.60. The third-order valence-electron chi connectivity index (χ3n) is 4.54. The van der Waals surface area contributed by atoms with Crippen LogP contribution in [0.5, 0.6) is 5.75 Å². The van der Waals surface area contributed by atoms with Crippen molar-refractivity contribution < 1.29 is 9.13 Å². The second-order valence-corrected chi connectivity index (χ2v) is 6.45. The van der Waals surface area contributed by atoms with E-state index in [-0.39, 0.29) is 5.82 Å². The van der Waals surface area contributed by atoms with Gasteiger partial charge in [0.05, 0.1) is 18.5 Å². The molecule has 0 saturated heterocycles. The zero-order valence-electron chi connectivity index (χ0n) is 15.9. The summed E-state index contributed by atoms with van der Waals surface area (Å²) in [5.41, 5.74) is 11.6. The zero-order valence-corrected chi connectivity index (χ0v) is 15.9. The van der Waals surface area contributed by atoms with Gasteiger partial charge in [-0.25, -0.2) is 9.38 Å². The smallest absolute Gasteiger partial charge is 0.223 e. The van der Waals surface area contributed by atoms with Crippen molar-refractivity contribution >= 4 is 25.3 Å². The van der Waals surface area contributed by atoms with Crippen LogP contribution in [0.2, 0.25) is 0 Å². The molecule has 1 aliphatic heterocycles. The summed E-state index contributed by atoms with van der Waals surface area (Å²) in [5, 5.41) is 0. The van der Waals surface area contributed by atoms with E-state index in [1.165, 1.54) is 12.1 Å². The summed E-state index contributed by atoms with van der Waals surface area (Å²) in [7, 11) is 3.59. The van der Waals surface area contributed by atoms with E-state index in [9.17, 15) is 4.39 Å². The lowest BCUT2D eigenvalue weighted by Crippen LogP contribution is -2.05. The highest BCUT2D eigenvalue weighted by atomic mass is 19.1. The molecule has 138 valence electrons. The molecule has 0 spiro atoms. The molecule has 0 aliphatic carbocycles. The second kappa shape index (κ2) is 8.23. The van der Waals surface area contributed by atoms with Gasteiger partial charge in [0.2, 0.25) is 7.98 Å². The average molecular weight is 363 g/mol. The van der Waals surface area contributed by atoms with Gasteiger partial charge in [0, 0.05) is 16.8 Å². The summed E-state index contributed by atoms with van der Waals surface area (Å²) >= 11 is 0. The van der Waals surface area contributed by atoms with Crippen LogP contribution in [0.1, 0.15) is 24.6 Å². The van der Waals surface area contributed by atoms with E-state index < -0.39 is 0 Å². The number of hydrogen-bond acceptors (Lipinski definition) is 3. The third kappa shape index (κ3) is 4.12. The predicted octanol–water partition coefficient (Wildman–Crippen LogP) is 3.21. The molecule has 1 aliphatic rings. The Labute approximate surface area is 160 Å². The van der Waals surface area contributed by atoms with Gasteiger partial charge in [-0.3, -0.25) is 0 Å². The molecule has 3 rings (SSSR count). The van der Waals surface area contributed by atoms with Gasteiger partial charge in [-0.1, -0.05) is 0 Å². The Bertz CT molecular complexity index is 970. The molecular formula is C21H23BFN3O. The third-order valence-corrected chi connectivity index (χ3v) is 4.54. The Morgan fingerprint density at radius 3 is 2.81 bits per heavy atom. The van der Waals surface area contributed by atoms with Crippen LogP contribution in [0.15, 0.2) is 64.9 Å². The number of methoxy groups -OCH3 is 1. The Morgan fingerprint density at radius 2 is 2.15 bits per heavy atom. The minimum atomic E-state index is -0.301. The van der Waals surface area contributed by atoms with Crippen LogP contribution in [0, 0.1) is 5.82 Å². The average Bonchev–Trinajstić information content (AvgIpc) is 3.23. The van der Waals surface area contributed by atoms with Gasteiger partial charge in [0.15, 0.2) is 0 Å². The van der Waals surface area contributed by atoms with Crippen LogP contribution in [0.3, 0.4) is 0 Å². The molecule has 0 saturated carbocycles. The van der Waals surface area contributed by atoms with Gasteiger partial charge >= 0.3 is 0 Å². The minimum absolute atomic E-state index is 0.301. The van der Waals surface area contributed by atoms with Gasteiger partial charge in [0.25, 0.3) is 0 Å². The van der Waals surface area contributed by atoms with Gasteiger partial charge in [-0.2, -0.15) is 0 Å². The van der Waals surface area contributed by atoms with Crippen molar-refractivity contribution in [2.75, 3.05) is 13.7 Å². The van der Waals surface area contributed by atoms with E-state index in [0.717, 1.165) is 34.7 Å². The molecule has 0 bridgehead atoms. The zero-order chi connectivity index (χ0) is 19.4. The Balaban J connectivity index is 1.97. The molecule has 6 heteroatoms. The highest BCUT2D eigenvalue weighted by Gasteiger charge is 2.17. The lowest BCUT2D eigenvalue weighted by molar-refractivity contribution is 0.412. The topological polar surface area (TPSA) is 52.5 Å². The maximum atomic E-state index is 13.5. The van der Waals surface area contributed by atoms with Gasteiger partial charge < -0.3 is 14.9 Å². The van der Waals surface area contributed by atoms with Crippen molar-refractivity contribution in [2.24, 2.45) is 10.7 Å². The van der Waals surface area contributed by atoms with Crippen molar-refractivity contribution in [1.82, 2.24) is 4.48 Å². The summed E-state index contributed by atoms with van der Waals surface area (Å²) < 4.78 is 20.9. The Kier molecular flexibility index (Phi) is 5.77. The Hall–Kier alpha value is -2.86. The van der Waals surface area contributed by atoms with E-state index in [1.54, 1.807) is 13.2 Å². The number of nitrogens with zero attached hydrogens (tertiary/aromatic N) is 2. The molecule has 0 radical (unpaired) electrons. The quantitative estimate of drug-likeness (QED) is 0.802. The summed E-state index contributed by atoms with van der Waals surface area (Å²) in [4.78, 5) is 4.79. The number of nitrogens with two attached hydrogens (primary N) is 1. The molecule has 27 heavy (non-hydrogen) atoms. The maximum Gasteiger partial charge on any atom is 0.223 e. The lowest BCUT2D eigenvalue weighted by atomic mass is 10.0. The maximum absolute atomic E-state index is 13.5. The van der Waals surface area contributed by atoms with Gasteiger partial charge in [-0.15, -0.1) is 0 Å². The van der Waals surface area contributed by atoms with Gasteiger partial charge in [0.1, 0.15) is 11.6 Å². The standard InChI is InChI=1S/C21H23BFN3O/c1-14-12-17(7-5-15-13-16(23)6-8-20(15)27-2)25-21(14)18(9-10-24)19-4-3-11-26(19)22/h3-8,11-13H,9-10,22,24H2,1-2H3/b7-5+,21-18-. The monoisotopic (exact) mass is 363 g/mol. The predicted molar refractivity (Wildman–Crippen MR) is 112 cm³/mol. The van der Waals surface area contributed by atoms with Crippen molar-refractivity contribution in [1.29, 1.82) is 0 Å². The number of aliphatic imine (C=N–C) groups is 1. The van der Waals surface area contributed by atoms with Crippen LogP contribution in [-0.2, 0) is 0 Å². The molecular weight excluding hydrogens is 340 g/mol. The summed E-state index contributed by atoms with van der Waals surface area (Å²) in [5.74, 6) is 0.320. The molecule has 0 atom stereocenters. The lowest BCUT2D eigenvalue weighted by Gasteiger charge is -2.11. The van der Waals surface area contributed by atoms with E-state index in [4.69, 9.17) is 15.5 Å². The number of allylic oxidation sites excluding steroid dienone is 3. The summed E-state index contributed by atoms with van der Waals surface area (Å²) in [6.07, 6.45) is 8.48. The van der Waals surface area contributed by atoms with E-state index in [0.29, 0.717) is 17.9 Å². The largest absolute Gasteiger partial charge is 0.496 e.